The lowest BCUT2D eigenvalue weighted by Gasteiger charge is -2.19. The molecule has 1 rings (SSSR count). The van der Waals surface area contributed by atoms with E-state index in [1.54, 1.807) is 26.8 Å². The second-order valence-corrected chi connectivity index (χ2v) is 6.36. The van der Waals surface area contributed by atoms with Crippen molar-refractivity contribution in [2.45, 2.75) is 33.3 Å². The molecule has 0 unspecified atom stereocenters. The molecule has 0 saturated heterocycles. The molecule has 0 aromatic carbocycles. The standard InChI is InChI=1S/C12H16ClNO2S/c1-7(2)9-6-8(10(13)17-9)14-11(15)16-12(3,4)5/h6H,1H2,2-5H3,(H,14,15). The molecule has 3 nitrogen and oxygen atoms in total. The summed E-state index contributed by atoms with van der Waals surface area (Å²) in [4.78, 5) is 12.5. The first kappa shape index (κ1) is 14.1. The Kier molecular flexibility index (Phi) is 4.22. The van der Waals surface area contributed by atoms with Crippen LogP contribution in [0, 0.1) is 0 Å². The number of thiophene rings is 1. The second-order valence-electron chi connectivity index (χ2n) is 4.71. The number of halogens is 1. The van der Waals surface area contributed by atoms with Crippen molar-refractivity contribution in [1.29, 1.82) is 0 Å². The number of amides is 1. The van der Waals surface area contributed by atoms with E-state index in [1.165, 1.54) is 11.3 Å². The molecule has 0 radical (unpaired) electrons. The second kappa shape index (κ2) is 5.10. The molecule has 0 aliphatic rings. The largest absolute Gasteiger partial charge is 0.444 e. The fourth-order valence-electron chi connectivity index (χ4n) is 1.08. The molecule has 5 heteroatoms. The third kappa shape index (κ3) is 4.40. The van der Waals surface area contributed by atoms with Gasteiger partial charge in [0.2, 0.25) is 0 Å². The molecule has 0 aliphatic carbocycles. The zero-order chi connectivity index (χ0) is 13.2. The van der Waals surface area contributed by atoms with Gasteiger partial charge in [0.1, 0.15) is 9.94 Å². The highest BCUT2D eigenvalue weighted by Crippen LogP contribution is 2.35. The van der Waals surface area contributed by atoms with Crippen LogP contribution in [-0.4, -0.2) is 11.7 Å². The molecule has 94 valence electrons. The molecule has 1 heterocycles. The van der Waals surface area contributed by atoms with E-state index in [2.05, 4.69) is 11.9 Å². The molecule has 1 N–H and O–H groups in total. The van der Waals surface area contributed by atoms with Crippen LogP contribution in [0.1, 0.15) is 32.6 Å². The van der Waals surface area contributed by atoms with E-state index in [0.717, 1.165) is 10.5 Å². The highest BCUT2D eigenvalue weighted by Gasteiger charge is 2.18. The molecular formula is C12H16ClNO2S. The average Bonchev–Trinajstić information content (AvgIpc) is 2.44. The first-order valence-corrected chi connectivity index (χ1v) is 6.33. The number of carbonyl (C=O) groups excluding carboxylic acids is 1. The first-order valence-electron chi connectivity index (χ1n) is 5.14. The van der Waals surface area contributed by atoms with Crippen molar-refractivity contribution in [3.63, 3.8) is 0 Å². The van der Waals surface area contributed by atoms with Crippen molar-refractivity contribution in [2.75, 3.05) is 5.32 Å². The Balaban J connectivity index is 2.75. The number of rotatable bonds is 2. The van der Waals surface area contributed by atoms with E-state index in [0.29, 0.717) is 10.0 Å². The third-order valence-corrected chi connectivity index (χ3v) is 3.26. The van der Waals surface area contributed by atoms with Crippen LogP contribution in [0.5, 0.6) is 0 Å². The van der Waals surface area contributed by atoms with Crippen LogP contribution in [0.2, 0.25) is 4.34 Å². The van der Waals surface area contributed by atoms with Crippen LogP contribution in [0.25, 0.3) is 5.57 Å². The Hall–Kier alpha value is -1.00. The monoisotopic (exact) mass is 273 g/mol. The minimum Gasteiger partial charge on any atom is -0.444 e. The van der Waals surface area contributed by atoms with Crippen molar-refractivity contribution in [1.82, 2.24) is 0 Å². The maximum absolute atomic E-state index is 11.5. The lowest BCUT2D eigenvalue weighted by molar-refractivity contribution is 0.0636. The summed E-state index contributed by atoms with van der Waals surface area (Å²) < 4.78 is 5.66. The van der Waals surface area contributed by atoms with Crippen molar-refractivity contribution >= 4 is 40.3 Å². The van der Waals surface area contributed by atoms with E-state index in [-0.39, 0.29) is 0 Å². The zero-order valence-corrected chi connectivity index (χ0v) is 12.0. The summed E-state index contributed by atoms with van der Waals surface area (Å²) in [5, 5.41) is 2.62. The molecule has 1 amide bonds. The maximum Gasteiger partial charge on any atom is 0.412 e. The Bertz CT molecular complexity index is 446. The van der Waals surface area contributed by atoms with Gasteiger partial charge >= 0.3 is 6.09 Å². The van der Waals surface area contributed by atoms with Crippen molar-refractivity contribution in [3.8, 4) is 0 Å². The fraction of sp³-hybridized carbons (Fsp3) is 0.417. The van der Waals surface area contributed by atoms with Crippen LogP contribution in [0.15, 0.2) is 12.6 Å². The van der Waals surface area contributed by atoms with Gasteiger partial charge in [0.15, 0.2) is 0 Å². The Morgan fingerprint density at radius 2 is 2.12 bits per heavy atom. The molecule has 0 saturated carbocycles. The number of nitrogens with one attached hydrogen (secondary N) is 1. The number of hydrogen-bond acceptors (Lipinski definition) is 3. The smallest absolute Gasteiger partial charge is 0.412 e. The number of allylic oxidation sites excluding steroid dienone is 1. The highest BCUT2D eigenvalue weighted by atomic mass is 35.5. The summed E-state index contributed by atoms with van der Waals surface area (Å²) in [6.07, 6.45) is -0.509. The Morgan fingerprint density at radius 3 is 2.53 bits per heavy atom. The molecule has 0 atom stereocenters. The average molecular weight is 274 g/mol. The van der Waals surface area contributed by atoms with E-state index in [4.69, 9.17) is 16.3 Å². The minimum absolute atomic E-state index is 0.509. The lowest BCUT2D eigenvalue weighted by Crippen LogP contribution is -2.27. The van der Waals surface area contributed by atoms with Crippen LogP contribution in [0.3, 0.4) is 0 Å². The van der Waals surface area contributed by atoms with E-state index in [9.17, 15) is 4.79 Å². The van der Waals surface area contributed by atoms with Gasteiger partial charge in [0.25, 0.3) is 0 Å². The van der Waals surface area contributed by atoms with Crippen molar-refractivity contribution in [2.24, 2.45) is 0 Å². The van der Waals surface area contributed by atoms with Crippen LogP contribution < -0.4 is 5.32 Å². The number of hydrogen-bond donors (Lipinski definition) is 1. The highest BCUT2D eigenvalue weighted by molar-refractivity contribution is 7.17. The molecule has 0 aliphatic heterocycles. The van der Waals surface area contributed by atoms with Gasteiger partial charge in [0, 0.05) is 4.88 Å². The van der Waals surface area contributed by atoms with Gasteiger partial charge in [0.05, 0.1) is 5.69 Å². The topological polar surface area (TPSA) is 38.3 Å². The summed E-state index contributed by atoms with van der Waals surface area (Å²) in [5.41, 5.74) is 0.946. The molecule has 1 aromatic rings. The molecule has 0 spiro atoms. The normalized spacial score (nSPS) is 11.1. The molecule has 0 bridgehead atoms. The van der Waals surface area contributed by atoms with Crippen LogP contribution in [-0.2, 0) is 4.74 Å². The van der Waals surface area contributed by atoms with Crippen LogP contribution in [0.4, 0.5) is 10.5 Å². The molecule has 0 fully saturated rings. The van der Waals surface area contributed by atoms with Gasteiger partial charge in [-0.2, -0.15) is 0 Å². The van der Waals surface area contributed by atoms with Gasteiger partial charge in [-0.15, -0.1) is 11.3 Å². The molecular weight excluding hydrogens is 258 g/mol. The predicted molar refractivity (Wildman–Crippen MR) is 73.9 cm³/mol. The third-order valence-electron chi connectivity index (χ3n) is 1.74. The maximum atomic E-state index is 11.5. The first-order chi connectivity index (χ1) is 7.69. The Labute approximate surface area is 110 Å². The van der Waals surface area contributed by atoms with Crippen LogP contribution >= 0.6 is 22.9 Å². The summed E-state index contributed by atoms with van der Waals surface area (Å²) >= 11 is 7.39. The molecule has 1 aromatic heterocycles. The lowest BCUT2D eigenvalue weighted by atomic mass is 10.2. The molecule has 17 heavy (non-hydrogen) atoms. The summed E-state index contributed by atoms with van der Waals surface area (Å²) in [7, 11) is 0. The number of carbonyl (C=O) groups is 1. The van der Waals surface area contributed by atoms with Gasteiger partial charge in [-0.3, -0.25) is 5.32 Å². The van der Waals surface area contributed by atoms with E-state index >= 15 is 0 Å². The van der Waals surface area contributed by atoms with Gasteiger partial charge in [-0.1, -0.05) is 18.2 Å². The Morgan fingerprint density at radius 1 is 1.53 bits per heavy atom. The van der Waals surface area contributed by atoms with Gasteiger partial charge in [-0.05, 0) is 39.3 Å². The number of ether oxygens (including phenoxy) is 1. The summed E-state index contributed by atoms with van der Waals surface area (Å²) in [6.45, 7) is 11.1. The van der Waals surface area contributed by atoms with E-state index < -0.39 is 11.7 Å². The van der Waals surface area contributed by atoms with Crippen molar-refractivity contribution in [3.05, 3.63) is 21.9 Å². The zero-order valence-electron chi connectivity index (χ0n) is 10.4. The quantitative estimate of drug-likeness (QED) is 0.842. The fourth-order valence-corrected chi connectivity index (χ4v) is 2.19. The number of anilines is 1. The van der Waals surface area contributed by atoms with Crippen molar-refractivity contribution < 1.29 is 9.53 Å². The minimum atomic E-state index is -0.524. The van der Waals surface area contributed by atoms with E-state index in [1.807, 2.05) is 6.92 Å². The van der Waals surface area contributed by atoms with Gasteiger partial charge < -0.3 is 4.74 Å². The predicted octanol–water partition coefficient (Wildman–Crippen LogP) is 4.78. The summed E-state index contributed by atoms with van der Waals surface area (Å²) in [5.74, 6) is 0. The SMILES string of the molecule is C=C(C)c1cc(NC(=O)OC(C)(C)C)c(Cl)s1. The summed E-state index contributed by atoms with van der Waals surface area (Å²) in [6, 6.07) is 1.79. The van der Waals surface area contributed by atoms with Gasteiger partial charge in [-0.25, -0.2) is 4.79 Å².